The van der Waals surface area contributed by atoms with Crippen LogP contribution in [0.25, 0.3) is 0 Å². The Morgan fingerprint density at radius 3 is 2.52 bits per heavy atom. The highest BCUT2D eigenvalue weighted by Gasteiger charge is 2.06. The normalized spacial score (nSPS) is 10.8. The first-order valence-electron chi connectivity index (χ1n) is 7.95. The van der Waals surface area contributed by atoms with E-state index in [1.165, 1.54) is 10.4 Å². The predicted molar refractivity (Wildman–Crippen MR) is 116 cm³/mol. The fourth-order valence-corrected chi connectivity index (χ4v) is 3.10. The largest absolute Gasteiger partial charge is 0.493 e. The maximum absolute atomic E-state index is 5.61. The minimum absolute atomic E-state index is 0. The molecule has 25 heavy (non-hydrogen) atoms. The van der Waals surface area contributed by atoms with Crippen molar-refractivity contribution in [3.05, 3.63) is 45.6 Å². The first kappa shape index (κ1) is 21.6. The second kappa shape index (κ2) is 11.2. The Kier molecular flexibility index (Phi) is 9.66. The molecule has 0 aliphatic heterocycles. The first-order chi connectivity index (χ1) is 11.7. The summed E-state index contributed by atoms with van der Waals surface area (Å²) in [5, 5.41) is 8.77. The van der Waals surface area contributed by atoms with Crippen LogP contribution in [-0.2, 0) is 13.1 Å². The lowest BCUT2D eigenvalue weighted by atomic mass is 10.2. The predicted octanol–water partition coefficient (Wildman–Crippen LogP) is 3.95. The number of ether oxygens (including phenoxy) is 2. The van der Waals surface area contributed by atoms with Gasteiger partial charge in [-0.05, 0) is 48.6 Å². The van der Waals surface area contributed by atoms with Crippen molar-refractivity contribution < 1.29 is 9.47 Å². The number of thiophene rings is 1. The van der Waals surface area contributed by atoms with Gasteiger partial charge in [-0.3, -0.25) is 4.99 Å². The van der Waals surface area contributed by atoms with E-state index >= 15 is 0 Å². The maximum atomic E-state index is 5.61. The van der Waals surface area contributed by atoms with Crippen LogP contribution in [0.3, 0.4) is 0 Å². The average molecular weight is 475 g/mol. The summed E-state index contributed by atoms with van der Waals surface area (Å²) in [6.07, 6.45) is 0. The van der Waals surface area contributed by atoms with Gasteiger partial charge in [0.1, 0.15) is 0 Å². The van der Waals surface area contributed by atoms with Crippen LogP contribution in [0.15, 0.2) is 34.6 Å². The summed E-state index contributed by atoms with van der Waals surface area (Å²) in [4.78, 5) is 5.59. The molecule has 0 spiro atoms. The van der Waals surface area contributed by atoms with Crippen molar-refractivity contribution in [1.82, 2.24) is 10.6 Å². The zero-order chi connectivity index (χ0) is 17.4. The van der Waals surface area contributed by atoms with Gasteiger partial charge < -0.3 is 20.1 Å². The highest BCUT2D eigenvalue weighted by molar-refractivity contribution is 14.0. The molecule has 0 radical (unpaired) electrons. The molecule has 1 heterocycles. The van der Waals surface area contributed by atoms with Gasteiger partial charge >= 0.3 is 0 Å². The molecule has 0 bridgehead atoms. The van der Waals surface area contributed by atoms with Crippen LogP contribution in [0.4, 0.5) is 0 Å². The van der Waals surface area contributed by atoms with Gasteiger partial charge in [0.05, 0.1) is 20.3 Å². The fourth-order valence-electron chi connectivity index (χ4n) is 2.25. The molecule has 0 unspecified atom stereocenters. The Hall–Kier alpha value is -1.48. The number of aliphatic imine (C=N–C) groups is 1. The van der Waals surface area contributed by atoms with E-state index < -0.39 is 0 Å². The van der Waals surface area contributed by atoms with Gasteiger partial charge in [-0.15, -0.1) is 35.3 Å². The number of methoxy groups -OCH3 is 1. The number of guanidine groups is 1. The van der Waals surface area contributed by atoms with Crippen LogP contribution < -0.4 is 20.1 Å². The topological polar surface area (TPSA) is 54.9 Å². The summed E-state index contributed by atoms with van der Waals surface area (Å²) in [5.41, 5.74) is 2.41. The van der Waals surface area contributed by atoms with Gasteiger partial charge in [0.2, 0.25) is 0 Å². The molecule has 0 saturated carbocycles. The van der Waals surface area contributed by atoms with E-state index in [1.54, 1.807) is 25.5 Å². The number of nitrogens with zero attached hydrogens (tertiary/aromatic N) is 1. The van der Waals surface area contributed by atoms with Gasteiger partial charge in [-0.2, -0.15) is 0 Å². The van der Waals surface area contributed by atoms with Crippen molar-refractivity contribution >= 4 is 41.3 Å². The molecule has 1 aromatic heterocycles. The maximum Gasteiger partial charge on any atom is 0.191 e. The molecule has 7 heteroatoms. The Morgan fingerprint density at radius 2 is 1.92 bits per heavy atom. The van der Waals surface area contributed by atoms with Crippen LogP contribution >= 0.6 is 35.3 Å². The van der Waals surface area contributed by atoms with E-state index in [0.29, 0.717) is 13.2 Å². The molecule has 1 aromatic carbocycles. The van der Waals surface area contributed by atoms with E-state index in [0.717, 1.165) is 29.6 Å². The van der Waals surface area contributed by atoms with Gasteiger partial charge in [0.25, 0.3) is 0 Å². The lowest BCUT2D eigenvalue weighted by Crippen LogP contribution is -2.36. The lowest BCUT2D eigenvalue weighted by Gasteiger charge is -2.14. The van der Waals surface area contributed by atoms with Crippen LogP contribution in [0.5, 0.6) is 11.5 Å². The Bertz CT molecular complexity index is 689. The smallest absolute Gasteiger partial charge is 0.191 e. The third-order valence-electron chi connectivity index (χ3n) is 3.60. The number of halogens is 1. The molecule has 0 saturated heterocycles. The van der Waals surface area contributed by atoms with Crippen molar-refractivity contribution in [1.29, 1.82) is 0 Å². The lowest BCUT2D eigenvalue weighted by molar-refractivity contribution is 0.310. The van der Waals surface area contributed by atoms with Gasteiger partial charge in [-0.25, -0.2) is 0 Å². The van der Waals surface area contributed by atoms with Gasteiger partial charge in [-0.1, -0.05) is 6.07 Å². The standard InChI is InChI=1S/C18H25N3O2S.HI/c1-5-23-16-10-14(6-7-15(16)22-4)11-20-18(19-3)21-12-17-13(2)8-9-24-17;/h6-10H,5,11-12H2,1-4H3,(H2,19,20,21);1H. The number of rotatable bonds is 7. The third-order valence-corrected chi connectivity index (χ3v) is 4.62. The van der Waals surface area contributed by atoms with E-state index in [2.05, 4.69) is 34.0 Å². The molecule has 2 aromatic rings. The number of benzene rings is 1. The minimum Gasteiger partial charge on any atom is -0.493 e. The Morgan fingerprint density at radius 1 is 1.16 bits per heavy atom. The zero-order valence-electron chi connectivity index (χ0n) is 15.1. The second-order valence-corrected chi connectivity index (χ2v) is 6.23. The second-order valence-electron chi connectivity index (χ2n) is 5.22. The average Bonchev–Trinajstić information content (AvgIpc) is 3.00. The highest BCUT2D eigenvalue weighted by atomic mass is 127. The molecule has 2 rings (SSSR count). The summed E-state index contributed by atoms with van der Waals surface area (Å²) in [6.45, 7) is 6.12. The molecule has 0 aliphatic carbocycles. The van der Waals surface area contributed by atoms with E-state index in [-0.39, 0.29) is 24.0 Å². The number of hydrogen-bond donors (Lipinski definition) is 2. The molecule has 0 atom stereocenters. The summed E-state index contributed by atoms with van der Waals surface area (Å²) < 4.78 is 10.9. The molecule has 0 aliphatic rings. The SMILES string of the molecule is CCOc1cc(CNC(=NC)NCc2sccc2C)ccc1OC.I. The van der Waals surface area contributed by atoms with Crippen molar-refractivity contribution in [2.45, 2.75) is 26.9 Å². The van der Waals surface area contributed by atoms with Crippen LogP contribution in [0.2, 0.25) is 0 Å². The number of nitrogens with one attached hydrogen (secondary N) is 2. The van der Waals surface area contributed by atoms with E-state index in [1.807, 2.05) is 25.1 Å². The summed E-state index contributed by atoms with van der Waals surface area (Å²) in [7, 11) is 3.42. The first-order valence-corrected chi connectivity index (χ1v) is 8.83. The quantitative estimate of drug-likeness (QED) is 0.362. The minimum atomic E-state index is 0. The molecule has 0 fully saturated rings. The molecule has 5 nitrogen and oxygen atoms in total. The monoisotopic (exact) mass is 475 g/mol. The van der Waals surface area contributed by atoms with Gasteiger partial charge in [0, 0.05) is 18.5 Å². The van der Waals surface area contributed by atoms with Crippen molar-refractivity contribution in [2.24, 2.45) is 4.99 Å². The molecule has 2 N–H and O–H groups in total. The summed E-state index contributed by atoms with van der Waals surface area (Å²) >= 11 is 1.75. The molecule has 0 amide bonds. The highest BCUT2D eigenvalue weighted by Crippen LogP contribution is 2.27. The molecular weight excluding hydrogens is 449 g/mol. The van der Waals surface area contributed by atoms with Crippen molar-refractivity contribution in [3.8, 4) is 11.5 Å². The number of aryl methyl sites for hydroxylation is 1. The summed E-state index contributed by atoms with van der Waals surface area (Å²) in [6, 6.07) is 8.06. The van der Waals surface area contributed by atoms with E-state index in [9.17, 15) is 0 Å². The summed E-state index contributed by atoms with van der Waals surface area (Å²) in [5.74, 6) is 2.28. The van der Waals surface area contributed by atoms with E-state index in [4.69, 9.17) is 9.47 Å². The van der Waals surface area contributed by atoms with Crippen LogP contribution in [0, 0.1) is 6.92 Å². The van der Waals surface area contributed by atoms with Crippen molar-refractivity contribution in [3.63, 3.8) is 0 Å². The fraction of sp³-hybridized carbons (Fsp3) is 0.389. The van der Waals surface area contributed by atoms with Gasteiger partial charge in [0.15, 0.2) is 17.5 Å². The third kappa shape index (κ3) is 6.39. The zero-order valence-corrected chi connectivity index (χ0v) is 18.2. The number of hydrogen-bond acceptors (Lipinski definition) is 4. The Labute approximate surface area is 170 Å². The van der Waals surface area contributed by atoms with Crippen molar-refractivity contribution in [2.75, 3.05) is 20.8 Å². The van der Waals surface area contributed by atoms with Crippen LogP contribution in [0.1, 0.15) is 22.9 Å². The Balaban J connectivity index is 0.00000312. The van der Waals surface area contributed by atoms with Crippen LogP contribution in [-0.4, -0.2) is 26.7 Å². The molecular formula is C18H26IN3O2S. The molecule has 138 valence electrons.